The van der Waals surface area contributed by atoms with Crippen LogP contribution < -0.4 is 25.8 Å². The Morgan fingerprint density at radius 3 is 2.12 bits per heavy atom. The molecule has 0 aliphatic heterocycles. The number of nitrogen functional groups attached to an aromatic ring is 1. The van der Waals surface area contributed by atoms with Crippen molar-refractivity contribution in [2.45, 2.75) is 12.6 Å². The van der Waals surface area contributed by atoms with Gasteiger partial charge < -0.3 is 25.8 Å². The quantitative estimate of drug-likeness (QED) is 0.351. The van der Waals surface area contributed by atoms with E-state index in [1.54, 1.807) is 29.2 Å². The second kappa shape index (κ2) is 9.82. The first-order chi connectivity index (χ1) is 15.3. The largest absolute Gasteiger partial charge is 0.493 e. The zero-order valence-corrected chi connectivity index (χ0v) is 17.8. The molecule has 3 rings (SSSR count). The minimum Gasteiger partial charge on any atom is -0.493 e. The normalized spacial score (nSPS) is 11.5. The molecule has 1 amide bonds. The molecule has 1 atom stereocenters. The van der Waals surface area contributed by atoms with Gasteiger partial charge in [0.1, 0.15) is 17.7 Å². The average molecular weight is 436 g/mol. The van der Waals surface area contributed by atoms with Gasteiger partial charge in [0.2, 0.25) is 5.91 Å². The van der Waals surface area contributed by atoms with Crippen LogP contribution in [-0.2, 0) is 11.3 Å². The number of halogens is 1. The number of amides is 1. The first-order valence-corrected chi connectivity index (χ1v) is 9.81. The Balaban J connectivity index is 2.15. The van der Waals surface area contributed by atoms with E-state index >= 15 is 4.39 Å². The molecule has 0 heterocycles. The second-order valence-electron chi connectivity index (χ2n) is 7.11. The maximum Gasteiger partial charge on any atom is 0.244 e. The van der Waals surface area contributed by atoms with Crippen molar-refractivity contribution in [1.82, 2.24) is 0 Å². The monoisotopic (exact) mass is 436 g/mol. The highest BCUT2D eigenvalue weighted by atomic mass is 19.1. The molecule has 7 nitrogen and oxygen atoms in total. The number of rotatable bonds is 9. The van der Waals surface area contributed by atoms with Crippen LogP contribution in [0, 0.1) is 11.2 Å². The van der Waals surface area contributed by atoms with Crippen molar-refractivity contribution in [3.05, 3.63) is 89.2 Å². The molecule has 3 aromatic rings. The van der Waals surface area contributed by atoms with Gasteiger partial charge in [-0.15, -0.1) is 0 Å². The van der Waals surface area contributed by atoms with Crippen LogP contribution in [-0.4, -0.2) is 26.0 Å². The summed E-state index contributed by atoms with van der Waals surface area (Å²) in [5.74, 6) is -0.977. The van der Waals surface area contributed by atoms with Gasteiger partial charge in [-0.05, 0) is 35.9 Å². The van der Waals surface area contributed by atoms with Gasteiger partial charge in [-0.3, -0.25) is 10.2 Å². The van der Waals surface area contributed by atoms with E-state index in [9.17, 15) is 4.79 Å². The van der Waals surface area contributed by atoms with Gasteiger partial charge in [0.25, 0.3) is 0 Å². The third-order valence-electron chi connectivity index (χ3n) is 5.08. The number of amidine groups is 1. The number of primary amides is 1. The maximum atomic E-state index is 15.1. The van der Waals surface area contributed by atoms with Gasteiger partial charge in [-0.2, -0.15) is 0 Å². The van der Waals surface area contributed by atoms with E-state index in [0.29, 0.717) is 11.3 Å². The van der Waals surface area contributed by atoms with E-state index in [4.69, 9.17) is 26.4 Å². The number of nitrogens with two attached hydrogens (primary N) is 2. The molecular weight excluding hydrogens is 411 g/mol. The zero-order chi connectivity index (χ0) is 23.3. The minimum absolute atomic E-state index is 0.0572. The lowest BCUT2D eigenvalue weighted by molar-refractivity contribution is -0.119. The highest BCUT2D eigenvalue weighted by molar-refractivity contribution is 5.95. The summed E-state index contributed by atoms with van der Waals surface area (Å²) >= 11 is 0. The smallest absolute Gasteiger partial charge is 0.244 e. The molecule has 1 unspecified atom stereocenters. The Labute approximate surface area is 185 Å². The summed E-state index contributed by atoms with van der Waals surface area (Å²) in [6, 6.07) is 17.7. The van der Waals surface area contributed by atoms with E-state index in [1.807, 2.05) is 30.3 Å². The van der Waals surface area contributed by atoms with Gasteiger partial charge in [0.05, 0.1) is 14.2 Å². The summed E-state index contributed by atoms with van der Waals surface area (Å²) in [6.45, 7) is 0.279. The van der Waals surface area contributed by atoms with E-state index < -0.39 is 17.8 Å². The van der Waals surface area contributed by atoms with Gasteiger partial charge in [0, 0.05) is 29.4 Å². The fourth-order valence-corrected chi connectivity index (χ4v) is 3.50. The molecule has 0 bridgehead atoms. The topological polar surface area (TPSA) is 115 Å². The number of hydrogen-bond acceptors (Lipinski definition) is 5. The molecule has 32 heavy (non-hydrogen) atoms. The molecule has 0 radical (unpaired) electrons. The Morgan fingerprint density at radius 1 is 1.00 bits per heavy atom. The summed E-state index contributed by atoms with van der Waals surface area (Å²) in [6.07, 6.45) is 0. The number of carbonyl (C=O) groups excluding carboxylic acids is 1. The summed E-state index contributed by atoms with van der Waals surface area (Å²) in [4.78, 5) is 14.4. The number of nitrogens with one attached hydrogen (secondary N) is 1. The lowest BCUT2D eigenvalue weighted by Gasteiger charge is -2.33. The fourth-order valence-electron chi connectivity index (χ4n) is 3.50. The molecule has 0 fully saturated rings. The molecule has 0 saturated carbocycles. The maximum absolute atomic E-state index is 15.1. The van der Waals surface area contributed by atoms with Crippen molar-refractivity contribution in [3.63, 3.8) is 0 Å². The fraction of sp³-hybridized carbons (Fsp3) is 0.167. The van der Waals surface area contributed by atoms with E-state index in [1.165, 1.54) is 26.4 Å². The van der Waals surface area contributed by atoms with Crippen LogP contribution in [0.2, 0.25) is 0 Å². The van der Waals surface area contributed by atoms with E-state index in [0.717, 1.165) is 5.56 Å². The Bertz CT molecular complexity index is 1100. The third kappa shape index (κ3) is 4.80. The number of carbonyl (C=O) groups is 1. The predicted octanol–water partition coefficient (Wildman–Crippen LogP) is 3.36. The van der Waals surface area contributed by atoms with Crippen LogP contribution in [0.25, 0.3) is 0 Å². The second-order valence-corrected chi connectivity index (χ2v) is 7.11. The van der Waals surface area contributed by atoms with Crippen LogP contribution in [0.4, 0.5) is 10.1 Å². The van der Waals surface area contributed by atoms with Gasteiger partial charge >= 0.3 is 0 Å². The number of methoxy groups -OCH3 is 2. The zero-order valence-electron chi connectivity index (χ0n) is 17.8. The first kappa shape index (κ1) is 22.6. The lowest BCUT2D eigenvalue weighted by Crippen LogP contribution is -2.38. The Kier molecular flexibility index (Phi) is 6.94. The van der Waals surface area contributed by atoms with Gasteiger partial charge in [-0.1, -0.05) is 30.3 Å². The first-order valence-electron chi connectivity index (χ1n) is 9.81. The molecule has 3 aromatic carbocycles. The Morgan fingerprint density at radius 2 is 1.59 bits per heavy atom. The van der Waals surface area contributed by atoms with Crippen molar-refractivity contribution in [1.29, 1.82) is 5.41 Å². The van der Waals surface area contributed by atoms with Crippen molar-refractivity contribution >= 4 is 17.4 Å². The molecule has 8 heteroatoms. The highest BCUT2D eigenvalue weighted by Gasteiger charge is 2.30. The Hall–Kier alpha value is -4.07. The number of ether oxygens (including phenoxy) is 2. The van der Waals surface area contributed by atoms with Gasteiger partial charge in [-0.25, -0.2) is 4.39 Å². The summed E-state index contributed by atoms with van der Waals surface area (Å²) in [5.41, 5.74) is 13.5. The molecule has 0 saturated heterocycles. The third-order valence-corrected chi connectivity index (χ3v) is 5.08. The number of hydrogen-bond donors (Lipinski definition) is 3. The van der Waals surface area contributed by atoms with Gasteiger partial charge in [0.15, 0.2) is 11.5 Å². The van der Waals surface area contributed by atoms with E-state index in [2.05, 4.69) is 0 Å². The van der Waals surface area contributed by atoms with Crippen LogP contribution in [0.5, 0.6) is 11.5 Å². The average Bonchev–Trinajstić information content (AvgIpc) is 2.79. The number of benzene rings is 3. The summed E-state index contributed by atoms with van der Waals surface area (Å²) in [5, 5.41) is 7.61. The molecule has 0 aliphatic rings. The molecule has 166 valence electrons. The van der Waals surface area contributed by atoms with Crippen molar-refractivity contribution in [2.75, 3.05) is 19.1 Å². The van der Waals surface area contributed by atoms with E-state index in [-0.39, 0.29) is 29.4 Å². The van der Waals surface area contributed by atoms with Crippen LogP contribution >= 0.6 is 0 Å². The molecular formula is C24H25FN4O3. The van der Waals surface area contributed by atoms with Crippen molar-refractivity contribution < 1.29 is 18.7 Å². The van der Waals surface area contributed by atoms with Crippen LogP contribution in [0.1, 0.15) is 22.7 Å². The molecule has 0 aromatic heterocycles. The summed E-state index contributed by atoms with van der Waals surface area (Å²) in [7, 11) is 2.84. The van der Waals surface area contributed by atoms with Crippen LogP contribution in [0.3, 0.4) is 0 Å². The van der Waals surface area contributed by atoms with Crippen molar-refractivity contribution in [2.24, 2.45) is 11.5 Å². The standard InChI is InChI=1S/C24H25FN4O3/c1-31-20-12-18(19(25)13-21(20)32-2)22(24(28)30)29(14-15-6-4-3-5-7-15)17-10-8-16(9-11-17)23(26)27/h3-13,22H,14H2,1-2H3,(H3,26,27)(H2,28,30). The lowest BCUT2D eigenvalue weighted by atomic mass is 10.0. The minimum atomic E-state index is -1.14. The van der Waals surface area contributed by atoms with Crippen LogP contribution in [0.15, 0.2) is 66.7 Å². The van der Waals surface area contributed by atoms with Crippen molar-refractivity contribution in [3.8, 4) is 11.5 Å². The molecule has 0 aliphatic carbocycles. The summed E-state index contributed by atoms with van der Waals surface area (Å²) < 4.78 is 25.6. The molecule has 0 spiro atoms. The number of anilines is 1. The highest BCUT2D eigenvalue weighted by Crippen LogP contribution is 2.36. The SMILES string of the molecule is COc1cc(F)c(C(C(N)=O)N(Cc2ccccc2)c2ccc(C(=N)N)cc2)cc1OC. The predicted molar refractivity (Wildman–Crippen MR) is 122 cm³/mol. The molecule has 5 N–H and O–H groups in total. The number of nitrogens with zero attached hydrogens (tertiary/aromatic N) is 1.